The molecule has 0 bridgehead atoms. The molecule has 0 aromatic heterocycles. The SMILES string of the molecule is COc1ccc(C2=Nc3ccccc3N(CC(=O)Nc3ccc(F)c(F)c3)C(=O)C2)cc1. The molecule has 162 valence electrons. The van der Waals surface area contributed by atoms with Gasteiger partial charge in [0, 0.05) is 11.8 Å². The minimum Gasteiger partial charge on any atom is -0.497 e. The molecule has 0 unspecified atom stereocenters. The molecule has 0 saturated carbocycles. The summed E-state index contributed by atoms with van der Waals surface area (Å²) in [6, 6.07) is 17.3. The monoisotopic (exact) mass is 435 g/mol. The van der Waals surface area contributed by atoms with Crippen LogP contribution in [0.3, 0.4) is 0 Å². The average molecular weight is 435 g/mol. The molecule has 1 aliphatic heterocycles. The predicted octanol–water partition coefficient (Wildman–Crippen LogP) is 4.47. The molecule has 1 aliphatic rings. The van der Waals surface area contributed by atoms with Crippen LogP contribution in [0.4, 0.5) is 25.8 Å². The zero-order valence-corrected chi connectivity index (χ0v) is 17.1. The highest BCUT2D eigenvalue weighted by molar-refractivity contribution is 6.19. The first-order chi connectivity index (χ1) is 15.4. The van der Waals surface area contributed by atoms with Crippen molar-refractivity contribution in [3.8, 4) is 5.75 Å². The predicted molar refractivity (Wildman–Crippen MR) is 118 cm³/mol. The Morgan fingerprint density at radius 1 is 1.06 bits per heavy atom. The van der Waals surface area contributed by atoms with Crippen LogP contribution in [-0.4, -0.2) is 31.2 Å². The van der Waals surface area contributed by atoms with Crippen molar-refractivity contribution in [1.29, 1.82) is 0 Å². The molecule has 0 saturated heterocycles. The Bertz CT molecular complexity index is 1210. The van der Waals surface area contributed by atoms with E-state index in [9.17, 15) is 18.4 Å². The van der Waals surface area contributed by atoms with Crippen molar-refractivity contribution in [2.24, 2.45) is 4.99 Å². The molecule has 0 aliphatic carbocycles. The Hall–Kier alpha value is -4.07. The molecule has 0 spiro atoms. The highest BCUT2D eigenvalue weighted by atomic mass is 19.2. The molecular formula is C24H19F2N3O3. The summed E-state index contributed by atoms with van der Waals surface area (Å²) < 4.78 is 31.7. The fourth-order valence-corrected chi connectivity index (χ4v) is 3.39. The molecule has 3 aromatic rings. The van der Waals surface area contributed by atoms with E-state index in [2.05, 4.69) is 10.3 Å². The lowest BCUT2D eigenvalue weighted by Gasteiger charge is -2.22. The molecule has 6 nitrogen and oxygen atoms in total. The van der Waals surface area contributed by atoms with Gasteiger partial charge in [-0.3, -0.25) is 14.6 Å². The molecule has 1 heterocycles. The molecule has 0 atom stereocenters. The van der Waals surface area contributed by atoms with Crippen LogP contribution in [0.5, 0.6) is 5.75 Å². The third-order valence-electron chi connectivity index (χ3n) is 4.98. The Balaban J connectivity index is 1.59. The van der Waals surface area contributed by atoms with Gasteiger partial charge in [-0.05, 0) is 54.1 Å². The Labute approximate surface area is 183 Å². The first kappa shape index (κ1) is 21.2. The van der Waals surface area contributed by atoms with Crippen molar-refractivity contribution in [1.82, 2.24) is 0 Å². The van der Waals surface area contributed by atoms with Gasteiger partial charge in [-0.1, -0.05) is 12.1 Å². The normalized spacial score (nSPS) is 13.2. The molecule has 0 radical (unpaired) electrons. The fraction of sp³-hybridized carbons (Fsp3) is 0.125. The number of hydrogen-bond acceptors (Lipinski definition) is 4. The van der Waals surface area contributed by atoms with E-state index in [0.717, 1.165) is 17.7 Å². The maximum absolute atomic E-state index is 13.4. The number of methoxy groups -OCH3 is 1. The number of rotatable bonds is 5. The van der Waals surface area contributed by atoms with Crippen molar-refractivity contribution in [2.75, 3.05) is 23.9 Å². The number of amides is 2. The van der Waals surface area contributed by atoms with Gasteiger partial charge in [-0.2, -0.15) is 0 Å². The lowest BCUT2D eigenvalue weighted by atomic mass is 10.1. The third kappa shape index (κ3) is 4.49. The Morgan fingerprint density at radius 2 is 1.81 bits per heavy atom. The number of halogens is 2. The molecule has 4 rings (SSSR count). The molecule has 32 heavy (non-hydrogen) atoms. The van der Waals surface area contributed by atoms with Gasteiger partial charge in [0.1, 0.15) is 12.3 Å². The van der Waals surface area contributed by atoms with Gasteiger partial charge in [0.2, 0.25) is 11.8 Å². The van der Waals surface area contributed by atoms with E-state index >= 15 is 0 Å². The maximum Gasteiger partial charge on any atom is 0.244 e. The lowest BCUT2D eigenvalue weighted by Crippen LogP contribution is -2.38. The minimum atomic E-state index is -1.07. The first-order valence-electron chi connectivity index (χ1n) is 9.81. The number of anilines is 2. The first-order valence-corrected chi connectivity index (χ1v) is 9.81. The van der Waals surface area contributed by atoms with E-state index in [0.29, 0.717) is 22.8 Å². The second-order valence-corrected chi connectivity index (χ2v) is 7.11. The van der Waals surface area contributed by atoms with Gasteiger partial charge in [-0.15, -0.1) is 0 Å². The van der Waals surface area contributed by atoms with Crippen molar-refractivity contribution in [3.63, 3.8) is 0 Å². The number of para-hydroxylation sites is 2. The quantitative estimate of drug-likeness (QED) is 0.643. The number of carbonyl (C=O) groups excluding carboxylic acids is 2. The van der Waals surface area contributed by atoms with E-state index in [1.807, 2.05) is 12.1 Å². The number of ether oxygens (including phenoxy) is 1. The third-order valence-corrected chi connectivity index (χ3v) is 4.98. The second-order valence-electron chi connectivity index (χ2n) is 7.11. The van der Waals surface area contributed by atoms with Gasteiger partial charge in [0.05, 0.1) is 30.6 Å². The van der Waals surface area contributed by atoms with Crippen LogP contribution in [0, 0.1) is 11.6 Å². The van der Waals surface area contributed by atoms with E-state index in [4.69, 9.17) is 4.74 Å². The molecule has 1 N–H and O–H groups in total. The molecule has 8 heteroatoms. The Morgan fingerprint density at radius 3 is 2.53 bits per heavy atom. The fourth-order valence-electron chi connectivity index (χ4n) is 3.39. The summed E-state index contributed by atoms with van der Waals surface area (Å²) in [5, 5.41) is 2.49. The largest absolute Gasteiger partial charge is 0.497 e. The molecule has 2 amide bonds. The molecule has 0 fully saturated rings. The number of benzene rings is 3. The van der Waals surface area contributed by atoms with Gasteiger partial charge in [-0.25, -0.2) is 8.78 Å². The number of fused-ring (bicyclic) bond motifs is 1. The lowest BCUT2D eigenvalue weighted by molar-refractivity contribution is -0.120. The number of carbonyl (C=O) groups is 2. The van der Waals surface area contributed by atoms with Gasteiger partial charge < -0.3 is 15.0 Å². The summed E-state index contributed by atoms with van der Waals surface area (Å²) in [5.41, 5.74) is 2.46. The van der Waals surface area contributed by atoms with Gasteiger partial charge in [0.25, 0.3) is 0 Å². The van der Waals surface area contributed by atoms with E-state index < -0.39 is 17.5 Å². The summed E-state index contributed by atoms with van der Waals surface area (Å²) in [6.45, 7) is -0.305. The van der Waals surface area contributed by atoms with Crippen molar-refractivity contribution >= 4 is 34.6 Å². The van der Waals surface area contributed by atoms with E-state index in [1.54, 1.807) is 43.5 Å². The van der Waals surface area contributed by atoms with Crippen LogP contribution >= 0.6 is 0 Å². The van der Waals surface area contributed by atoms with Crippen molar-refractivity contribution < 1.29 is 23.1 Å². The summed E-state index contributed by atoms with van der Waals surface area (Å²) in [5.74, 6) is -2.26. The highest BCUT2D eigenvalue weighted by Crippen LogP contribution is 2.33. The van der Waals surface area contributed by atoms with Crippen molar-refractivity contribution in [3.05, 3.63) is 83.9 Å². The van der Waals surface area contributed by atoms with Crippen LogP contribution in [0.2, 0.25) is 0 Å². The maximum atomic E-state index is 13.4. The molecule has 3 aromatic carbocycles. The zero-order chi connectivity index (χ0) is 22.7. The van der Waals surface area contributed by atoms with Crippen LogP contribution in [0.15, 0.2) is 71.7 Å². The number of hydrogen-bond donors (Lipinski definition) is 1. The average Bonchev–Trinajstić information content (AvgIpc) is 2.93. The smallest absolute Gasteiger partial charge is 0.244 e. The summed E-state index contributed by atoms with van der Waals surface area (Å²) in [6.07, 6.45) is -0.0144. The van der Waals surface area contributed by atoms with Gasteiger partial charge >= 0.3 is 0 Å². The number of nitrogens with zero attached hydrogens (tertiary/aromatic N) is 2. The summed E-state index contributed by atoms with van der Waals surface area (Å²) >= 11 is 0. The highest BCUT2D eigenvalue weighted by Gasteiger charge is 2.26. The number of aliphatic imine (C=N–C) groups is 1. The standard InChI is InChI=1S/C24H19F2N3O3/c1-32-17-9-6-15(7-10-17)21-13-24(31)29(22-5-3-2-4-20(22)28-21)14-23(30)27-16-8-11-18(25)19(26)12-16/h2-12H,13-14H2,1H3,(H,27,30). The van der Waals surface area contributed by atoms with Crippen molar-refractivity contribution in [2.45, 2.75) is 6.42 Å². The van der Waals surface area contributed by atoms with Crippen LogP contribution < -0.4 is 15.0 Å². The van der Waals surface area contributed by atoms with E-state index in [-0.39, 0.29) is 24.6 Å². The molecular weight excluding hydrogens is 416 g/mol. The van der Waals surface area contributed by atoms with Crippen LogP contribution in [0.25, 0.3) is 0 Å². The topological polar surface area (TPSA) is 71.0 Å². The number of nitrogens with one attached hydrogen (secondary N) is 1. The summed E-state index contributed by atoms with van der Waals surface area (Å²) in [7, 11) is 1.57. The summed E-state index contributed by atoms with van der Waals surface area (Å²) in [4.78, 5) is 31.7. The van der Waals surface area contributed by atoms with Gasteiger partial charge in [0.15, 0.2) is 11.6 Å². The van der Waals surface area contributed by atoms with E-state index in [1.165, 1.54) is 11.0 Å². The Kier molecular flexibility index (Phi) is 5.93. The van der Waals surface area contributed by atoms with Crippen LogP contribution in [0.1, 0.15) is 12.0 Å². The zero-order valence-electron chi connectivity index (χ0n) is 17.1. The minimum absolute atomic E-state index is 0.0144. The van der Waals surface area contributed by atoms with Crippen LogP contribution in [-0.2, 0) is 9.59 Å². The second kappa shape index (κ2) is 8.97.